The van der Waals surface area contributed by atoms with E-state index in [4.69, 9.17) is 15.9 Å². The molecule has 0 spiro atoms. The van der Waals surface area contributed by atoms with Crippen LogP contribution in [0.2, 0.25) is 0 Å². The summed E-state index contributed by atoms with van der Waals surface area (Å²) in [5.74, 6) is 3.22. The SMILES string of the molecule is C#CCNC(=O)C(C)Oc1ccc(CNCC)cc1OC. The number of carbonyl (C=O) groups excluding carboxylic acids is 1. The number of nitrogens with one attached hydrogen (secondary N) is 2. The van der Waals surface area contributed by atoms with Gasteiger partial charge < -0.3 is 20.1 Å². The Morgan fingerprint density at radius 3 is 2.81 bits per heavy atom. The maximum Gasteiger partial charge on any atom is 0.261 e. The standard InChI is InChI=1S/C16H22N2O3/c1-5-9-18-16(19)12(3)21-14-8-7-13(11-17-6-2)10-15(14)20-4/h1,7-8,10,12,17H,6,9,11H2,2-4H3,(H,18,19). The minimum Gasteiger partial charge on any atom is -0.493 e. The van der Waals surface area contributed by atoms with Crippen LogP contribution >= 0.6 is 0 Å². The Labute approximate surface area is 126 Å². The summed E-state index contributed by atoms with van der Waals surface area (Å²) in [5.41, 5.74) is 1.09. The molecule has 1 amide bonds. The highest BCUT2D eigenvalue weighted by atomic mass is 16.5. The van der Waals surface area contributed by atoms with Gasteiger partial charge in [0.15, 0.2) is 17.6 Å². The molecule has 114 valence electrons. The molecule has 0 saturated heterocycles. The first-order valence-corrected chi connectivity index (χ1v) is 6.87. The van der Waals surface area contributed by atoms with Gasteiger partial charge in [0, 0.05) is 6.54 Å². The highest BCUT2D eigenvalue weighted by Gasteiger charge is 2.16. The highest BCUT2D eigenvalue weighted by molar-refractivity contribution is 5.81. The fraction of sp³-hybridized carbons (Fsp3) is 0.438. The van der Waals surface area contributed by atoms with Gasteiger partial charge in [-0.25, -0.2) is 0 Å². The molecule has 1 unspecified atom stereocenters. The van der Waals surface area contributed by atoms with Crippen LogP contribution in [-0.2, 0) is 11.3 Å². The number of terminal acetylenes is 1. The van der Waals surface area contributed by atoms with E-state index in [-0.39, 0.29) is 12.5 Å². The first kappa shape index (κ1) is 16.9. The fourth-order valence-corrected chi connectivity index (χ4v) is 1.71. The van der Waals surface area contributed by atoms with Crippen LogP contribution in [0.5, 0.6) is 11.5 Å². The molecule has 0 aliphatic rings. The van der Waals surface area contributed by atoms with Crippen LogP contribution in [0.25, 0.3) is 0 Å². The number of benzene rings is 1. The van der Waals surface area contributed by atoms with E-state index in [9.17, 15) is 4.79 Å². The molecule has 0 aliphatic carbocycles. The van der Waals surface area contributed by atoms with E-state index >= 15 is 0 Å². The van der Waals surface area contributed by atoms with Gasteiger partial charge in [-0.3, -0.25) is 4.79 Å². The van der Waals surface area contributed by atoms with Gasteiger partial charge >= 0.3 is 0 Å². The third-order valence-corrected chi connectivity index (χ3v) is 2.84. The number of rotatable bonds is 8. The predicted molar refractivity (Wildman–Crippen MR) is 82.3 cm³/mol. The molecule has 0 aliphatic heterocycles. The quantitative estimate of drug-likeness (QED) is 0.709. The van der Waals surface area contributed by atoms with E-state index in [1.165, 1.54) is 0 Å². The van der Waals surface area contributed by atoms with Crippen molar-refractivity contribution in [3.63, 3.8) is 0 Å². The smallest absolute Gasteiger partial charge is 0.261 e. The van der Waals surface area contributed by atoms with Crippen molar-refractivity contribution in [1.82, 2.24) is 10.6 Å². The maximum absolute atomic E-state index is 11.7. The molecule has 5 heteroatoms. The molecule has 0 heterocycles. The van der Waals surface area contributed by atoms with Gasteiger partial charge in [-0.2, -0.15) is 0 Å². The molecule has 0 saturated carbocycles. The van der Waals surface area contributed by atoms with Crippen LogP contribution in [0.15, 0.2) is 18.2 Å². The largest absolute Gasteiger partial charge is 0.493 e. The van der Waals surface area contributed by atoms with Crippen LogP contribution in [0.4, 0.5) is 0 Å². The highest BCUT2D eigenvalue weighted by Crippen LogP contribution is 2.29. The Balaban J connectivity index is 2.74. The van der Waals surface area contributed by atoms with Crippen molar-refractivity contribution in [3.8, 4) is 23.8 Å². The van der Waals surface area contributed by atoms with Crippen molar-refractivity contribution in [1.29, 1.82) is 0 Å². The second-order valence-corrected chi connectivity index (χ2v) is 4.45. The zero-order chi connectivity index (χ0) is 15.7. The summed E-state index contributed by atoms with van der Waals surface area (Å²) in [5, 5.41) is 5.82. The van der Waals surface area contributed by atoms with Gasteiger partial charge in [0.2, 0.25) is 0 Å². The zero-order valence-corrected chi connectivity index (χ0v) is 12.7. The Morgan fingerprint density at radius 2 is 2.19 bits per heavy atom. The molecule has 0 radical (unpaired) electrons. The van der Waals surface area contributed by atoms with E-state index in [1.807, 2.05) is 19.1 Å². The lowest BCUT2D eigenvalue weighted by Gasteiger charge is -2.17. The lowest BCUT2D eigenvalue weighted by molar-refractivity contribution is -0.127. The summed E-state index contributed by atoms with van der Waals surface area (Å²) in [7, 11) is 1.57. The van der Waals surface area contributed by atoms with E-state index in [2.05, 4.69) is 16.6 Å². The van der Waals surface area contributed by atoms with Crippen molar-refractivity contribution in [2.24, 2.45) is 0 Å². The third-order valence-electron chi connectivity index (χ3n) is 2.84. The summed E-state index contributed by atoms with van der Waals surface area (Å²) in [6.45, 7) is 5.55. The van der Waals surface area contributed by atoms with Gasteiger partial charge in [-0.05, 0) is 31.2 Å². The molecule has 1 rings (SSSR count). The summed E-state index contributed by atoms with van der Waals surface area (Å²) in [4.78, 5) is 11.7. The number of hydrogen-bond donors (Lipinski definition) is 2. The second kappa shape index (κ2) is 8.88. The Morgan fingerprint density at radius 1 is 1.43 bits per heavy atom. The molecule has 0 bridgehead atoms. The number of amides is 1. The van der Waals surface area contributed by atoms with Crippen molar-refractivity contribution in [2.45, 2.75) is 26.5 Å². The van der Waals surface area contributed by atoms with Crippen LogP contribution in [0, 0.1) is 12.3 Å². The lowest BCUT2D eigenvalue weighted by Crippen LogP contribution is -2.36. The van der Waals surface area contributed by atoms with Gasteiger partial charge in [0.1, 0.15) is 0 Å². The van der Waals surface area contributed by atoms with E-state index in [0.717, 1.165) is 18.7 Å². The molecular weight excluding hydrogens is 268 g/mol. The molecule has 5 nitrogen and oxygen atoms in total. The van der Waals surface area contributed by atoms with Crippen LogP contribution in [0.3, 0.4) is 0 Å². The van der Waals surface area contributed by atoms with Crippen LogP contribution in [0.1, 0.15) is 19.4 Å². The van der Waals surface area contributed by atoms with E-state index < -0.39 is 6.10 Å². The van der Waals surface area contributed by atoms with Gasteiger partial charge in [0.05, 0.1) is 13.7 Å². The molecule has 0 fully saturated rings. The average molecular weight is 290 g/mol. The Hall–Kier alpha value is -2.19. The minimum atomic E-state index is -0.646. The van der Waals surface area contributed by atoms with Gasteiger partial charge in [-0.1, -0.05) is 18.9 Å². The third kappa shape index (κ3) is 5.36. The zero-order valence-electron chi connectivity index (χ0n) is 12.7. The number of methoxy groups -OCH3 is 1. The molecule has 2 N–H and O–H groups in total. The summed E-state index contributed by atoms with van der Waals surface area (Å²) >= 11 is 0. The number of carbonyl (C=O) groups is 1. The van der Waals surface area contributed by atoms with E-state index in [0.29, 0.717) is 11.5 Å². The first-order valence-electron chi connectivity index (χ1n) is 6.87. The second-order valence-electron chi connectivity index (χ2n) is 4.45. The topological polar surface area (TPSA) is 59.6 Å². The Kier molecular flexibility index (Phi) is 7.13. The molecule has 21 heavy (non-hydrogen) atoms. The van der Waals surface area contributed by atoms with Gasteiger partial charge in [-0.15, -0.1) is 6.42 Å². The first-order chi connectivity index (χ1) is 10.1. The number of ether oxygens (including phenoxy) is 2. The van der Waals surface area contributed by atoms with Crippen LogP contribution < -0.4 is 20.1 Å². The summed E-state index contributed by atoms with van der Waals surface area (Å²) in [6, 6.07) is 5.63. The van der Waals surface area contributed by atoms with Crippen molar-refractivity contribution >= 4 is 5.91 Å². The Bertz CT molecular complexity index is 509. The summed E-state index contributed by atoms with van der Waals surface area (Å²) in [6.07, 6.45) is 4.45. The average Bonchev–Trinajstić information content (AvgIpc) is 2.51. The van der Waals surface area contributed by atoms with Crippen molar-refractivity contribution in [3.05, 3.63) is 23.8 Å². The molecule has 1 atom stereocenters. The molecule has 0 aromatic heterocycles. The van der Waals surface area contributed by atoms with E-state index in [1.54, 1.807) is 20.1 Å². The summed E-state index contributed by atoms with van der Waals surface area (Å²) < 4.78 is 10.9. The fourth-order valence-electron chi connectivity index (χ4n) is 1.71. The molecule has 1 aromatic rings. The normalized spacial score (nSPS) is 11.3. The predicted octanol–water partition coefficient (Wildman–Crippen LogP) is 1.32. The number of hydrogen-bond acceptors (Lipinski definition) is 4. The molecule has 1 aromatic carbocycles. The lowest BCUT2D eigenvalue weighted by atomic mass is 10.2. The minimum absolute atomic E-state index is 0.186. The van der Waals surface area contributed by atoms with Crippen LogP contribution in [-0.4, -0.2) is 32.2 Å². The van der Waals surface area contributed by atoms with Crippen molar-refractivity contribution in [2.75, 3.05) is 20.2 Å². The maximum atomic E-state index is 11.7. The molecular formula is C16H22N2O3. The monoisotopic (exact) mass is 290 g/mol. The van der Waals surface area contributed by atoms with Crippen molar-refractivity contribution < 1.29 is 14.3 Å². The van der Waals surface area contributed by atoms with Gasteiger partial charge in [0.25, 0.3) is 5.91 Å².